The molecule has 0 aliphatic rings. The molecule has 0 aliphatic carbocycles. The number of H-pyrrole nitrogens is 1. The van der Waals surface area contributed by atoms with Crippen LogP contribution in [-0.2, 0) is 9.84 Å². The number of nitrogens with zero attached hydrogens (tertiary/aromatic N) is 1. The van der Waals surface area contributed by atoms with Gasteiger partial charge in [-0.15, -0.1) is 0 Å². The van der Waals surface area contributed by atoms with Crippen molar-refractivity contribution < 1.29 is 18.1 Å². The fourth-order valence-corrected chi connectivity index (χ4v) is 4.67. The SMILES string of the molecule is COc1ccc(-c2cc3c(S(=O)(=O)c4ccccc4)cc([N+](=O)[O-])cc3[nH]2)cc1. The first kappa shape index (κ1) is 18.7. The third kappa shape index (κ3) is 3.34. The first-order valence-corrected chi connectivity index (χ1v) is 10.1. The predicted octanol–water partition coefficient (Wildman–Crippen LogP) is 4.58. The number of ether oxygens (including phenoxy) is 1. The maximum absolute atomic E-state index is 13.2. The Morgan fingerprint density at radius 2 is 1.66 bits per heavy atom. The monoisotopic (exact) mass is 408 g/mol. The number of methoxy groups -OCH3 is 1. The van der Waals surface area contributed by atoms with Crippen LogP contribution in [0.3, 0.4) is 0 Å². The van der Waals surface area contributed by atoms with E-state index in [9.17, 15) is 18.5 Å². The number of sulfone groups is 1. The van der Waals surface area contributed by atoms with E-state index >= 15 is 0 Å². The normalized spacial score (nSPS) is 11.5. The first-order chi connectivity index (χ1) is 13.9. The molecule has 0 radical (unpaired) electrons. The van der Waals surface area contributed by atoms with Crippen LogP contribution < -0.4 is 4.74 Å². The second-order valence-electron chi connectivity index (χ2n) is 6.39. The van der Waals surface area contributed by atoms with Crippen LogP contribution in [0, 0.1) is 10.1 Å². The molecule has 0 spiro atoms. The number of nitro groups is 1. The van der Waals surface area contributed by atoms with Crippen molar-refractivity contribution in [2.75, 3.05) is 7.11 Å². The third-order valence-corrected chi connectivity index (χ3v) is 6.45. The van der Waals surface area contributed by atoms with E-state index in [1.54, 1.807) is 43.5 Å². The lowest BCUT2D eigenvalue weighted by Gasteiger charge is -2.06. The number of aromatic amines is 1. The molecular formula is C21H16N2O5S. The Hall–Kier alpha value is -3.65. The van der Waals surface area contributed by atoms with Gasteiger partial charge in [0.15, 0.2) is 0 Å². The fraction of sp³-hybridized carbons (Fsp3) is 0.0476. The highest BCUT2D eigenvalue weighted by Crippen LogP contribution is 2.35. The number of benzene rings is 3. The quantitative estimate of drug-likeness (QED) is 0.384. The van der Waals surface area contributed by atoms with Crippen LogP contribution in [0.2, 0.25) is 0 Å². The largest absolute Gasteiger partial charge is 0.497 e. The van der Waals surface area contributed by atoms with Gasteiger partial charge >= 0.3 is 0 Å². The number of fused-ring (bicyclic) bond motifs is 1. The predicted molar refractivity (Wildman–Crippen MR) is 109 cm³/mol. The van der Waals surface area contributed by atoms with Gasteiger partial charge in [-0.3, -0.25) is 10.1 Å². The summed E-state index contributed by atoms with van der Waals surface area (Å²) in [5.41, 5.74) is 1.52. The van der Waals surface area contributed by atoms with Crippen molar-refractivity contribution in [3.05, 3.63) is 82.9 Å². The van der Waals surface area contributed by atoms with Crippen LogP contribution in [0.25, 0.3) is 22.2 Å². The van der Waals surface area contributed by atoms with Crippen LogP contribution >= 0.6 is 0 Å². The number of non-ortho nitro benzene ring substituents is 1. The summed E-state index contributed by atoms with van der Waals surface area (Å²) in [4.78, 5) is 13.9. The average Bonchev–Trinajstić information content (AvgIpc) is 3.17. The van der Waals surface area contributed by atoms with Crippen LogP contribution in [0.15, 0.2) is 82.6 Å². The summed E-state index contributed by atoms with van der Waals surface area (Å²) >= 11 is 0. The highest BCUT2D eigenvalue weighted by atomic mass is 32.2. The Labute approximate surface area is 166 Å². The molecule has 3 aromatic carbocycles. The lowest BCUT2D eigenvalue weighted by molar-refractivity contribution is -0.384. The maximum Gasteiger partial charge on any atom is 0.272 e. The Morgan fingerprint density at radius 3 is 2.28 bits per heavy atom. The van der Waals surface area contributed by atoms with Gasteiger partial charge in [-0.05, 0) is 48.0 Å². The summed E-state index contributed by atoms with van der Waals surface area (Å²) < 4.78 is 31.6. The smallest absolute Gasteiger partial charge is 0.272 e. The summed E-state index contributed by atoms with van der Waals surface area (Å²) in [5.74, 6) is 0.688. The number of hydrogen-bond donors (Lipinski definition) is 1. The standard InChI is InChI=1S/C21H16N2O5S/c1-28-16-9-7-14(8-10-16)19-13-18-20(22-19)11-15(23(24)25)12-21(18)29(26,27)17-5-3-2-4-6-17/h2-13,22H,1H3. The Bertz CT molecular complexity index is 1310. The van der Waals surface area contributed by atoms with Crippen molar-refractivity contribution in [3.63, 3.8) is 0 Å². The van der Waals surface area contributed by atoms with Gasteiger partial charge in [-0.1, -0.05) is 18.2 Å². The zero-order valence-corrected chi connectivity index (χ0v) is 16.1. The van der Waals surface area contributed by atoms with Crippen molar-refractivity contribution in [2.24, 2.45) is 0 Å². The van der Waals surface area contributed by atoms with E-state index in [2.05, 4.69) is 4.98 Å². The van der Waals surface area contributed by atoms with Gasteiger partial charge in [0.05, 0.1) is 27.3 Å². The summed E-state index contributed by atoms with van der Waals surface area (Å²) in [5, 5.41) is 11.8. The van der Waals surface area contributed by atoms with E-state index in [0.717, 1.165) is 11.6 Å². The van der Waals surface area contributed by atoms with Gasteiger partial charge in [0.2, 0.25) is 9.84 Å². The second-order valence-corrected chi connectivity index (χ2v) is 8.31. The molecule has 29 heavy (non-hydrogen) atoms. The molecule has 146 valence electrons. The van der Waals surface area contributed by atoms with Crippen LogP contribution in [0.4, 0.5) is 5.69 Å². The van der Waals surface area contributed by atoms with E-state index in [1.165, 1.54) is 18.2 Å². The maximum atomic E-state index is 13.2. The van der Waals surface area contributed by atoms with Crippen LogP contribution in [0.1, 0.15) is 0 Å². The molecule has 0 fully saturated rings. The summed E-state index contributed by atoms with van der Waals surface area (Å²) in [7, 11) is -2.38. The zero-order chi connectivity index (χ0) is 20.6. The number of hydrogen-bond acceptors (Lipinski definition) is 5. The van der Waals surface area contributed by atoms with E-state index in [-0.39, 0.29) is 15.5 Å². The molecule has 0 saturated heterocycles. The van der Waals surface area contributed by atoms with Crippen molar-refractivity contribution >= 4 is 26.4 Å². The van der Waals surface area contributed by atoms with Gasteiger partial charge in [-0.25, -0.2) is 8.42 Å². The fourth-order valence-electron chi connectivity index (χ4n) is 3.17. The molecule has 1 N–H and O–H groups in total. The second kappa shape index (κ2) is 7.06. The third-order valence-electron chi connectivity index (χ3n) is 4.64. The summed E-state index contributed by atoms with van der Waals surface area (Å²) in [6.07, 6.45) is 0. The molecule has 4 aromatic rings. The van der Waals surface area contributed by atoms with Crippen molar-refractivity contribution in [1.82, 2.24) is 4.98 Å². The van der Waals surface area contributed by atoms with E-state index in [0.29, 0.717) is 22.3 Å². The molecule has 7 nitrogen and oxygen atoms in total. The van der Waals surface area contributed by atoms with E-state index < -0.39 is 14.8 Å². The lowest BCUT2D eigenvalue weighted by Crippen LogP contribution is -2.03. The number of rotatable bonds is 5. The van der Waals surface area contributed by atoms with Crippen molar-refractivity contribution in [3.8, 4) is 17.0 Å². The van der Waals surface area contributed by atoms with Gasteiger partial charge in [-0.2, -0.15) is 0 Å². The van der Waals surface area contributed by atoms with E-state index in [4.69, 9.17) is 4.74 Å². The molecule has 4 rings (SSSR count). The number of nitrogens with one attached hydrogen (secondary N) is 1. The lowest BCUT2D eigenvalue weighted by atomic mass is 10.1. The van der Waals surface area contributed by atoms with Crippen molar-refractivity contribution in [1.29, 1.82) is 0 Å². The van der Waals surface area contributed by atoms with Crippen LogP contribution in [-0.4, -0.2) is 25.4 Å². The molecule has 1 heterocycles. The highest BCUT2D eigenvalue weighted by Gasteiger charge is 2.25. The molecule has 0 saturated carbocycles. The Kier molecular flexibility index (Phi) is 4.56. The molecule has 8 heteroatoms. The zero-order valence-electron chi connectivity index (χ0n) is 15.3. The Balaban J connectivity index is 1.95. The minimum Gasteiger partial charge on any atom is -0.497 e. The molecule has 0 bridgehead atoms. The molecule has 0 unspecified atom stereocenters. The molecular weight excluding hydrogens is 392 g/mol. The first-order valence-electron chi connectivity index (χ1n) is 8.66. The van der Waals surface area contributed by atoms with Gasteiger partial charge in [0, 0.05) is 23.2 Å². The molecule has 1 aromatic heterocycles. The van der Waals surface area contributed by atoms with E-state index in [1.807, 2.05) is 12.1 Å². The topological polar surface area (TPSA) is 102 Å². The minimum atomic E-state index is -3.95. The van der Waals surface area contributed by atoms with Gasteiger partial charge in [0.1, 0.15) is 5.75 Å². The Morgan fingerprint density at radius 1 is 0.966 bits per heavy atom. The highest BCUT2D eigenvalue weighted by molar-refractivity contribution is 7.91. The number of aromatic nitrogens is 1. The summed E-state index contributed by atoms with van der Waals surface area (Å²) in [6, 6.07) is 19.2. The van der Waals surface area contributed by atoms with Crippen molar-refractivity contribution in [2.45, 2.75) is 9.79 Å². The molecule has 0 aliphatic heterocycles. The molecule has 0 atom stereocenters. The van der Waals surface area contributed by atoms with Crippen LogP contribution in [0.5, 0.6) is 5.75 Å². The van der Waals surface area contributed by atoms with Gasteiger partial charge in [0.25, 0.3) is 5.69 Å². The molecule has 0 amide bonds. The summed E-state index contributed by atoms with van der Waals surface area (Å²) in [6.45, 7) is 0. The minimum absolute atomic E-state index is 0.0778. The average molecular weight is 408 g/mol. The number of nitro benzene ring substituents is 1. The van der Waals surface area contributed by atoms with Gasteiger partial charge < -0.3 is 9.72 Å².